The molecule has 0 fully saturated rings. The summed E-state index contributed by atoms with van der Waals surface area (Å²) in [5.41, 5.74) is 6.60. The second kappa shape index (κ2) is 4.22. The summed E-state index contributed by atoms with van der Waals surface area (Å²) >= 11 is 0. The first-order valence-electron chi connectivity index (χ1n) is 4.13. The van der Waals surface area contributed by atoms with E-state index in [1.165, 1.54) is 6.26 Å². The Morgan fingerprint density at radius 2 is 2.20 bits per heavy atom. The van der Waals surface area contributed by atoms with Crippen LogP contribution in [-0.4, -0.2) is 22.4 Å². The number of rotatable bonds is 2. The topological polar surface area (TPSA) is 84.2 Å². The van der Waals surface area contributed by atoms with Crippen LogP contribution in [0.3, 0.4) is 0 Å². The van der Waals surface area contributed by atoms with E-state index in [1.807, 2.05) is 0 Å². The Kier molecular flexibility index (Phi) is 3.21. The highest BCUT2D eigenvalue weighted by Crippen LogP contribution is 2.11. The molecule has 0 heterocycles. The third kappa shape index (κ3) is 4.37. The molecular formula is C9H13N3O2S. The third-order valence-corrected chi connectivity index (χ3v) is 2.07. The molecular weight excluding hydrogens is 214 g/mol. The lowest BCUT2D eigenvalue weighted by molar-refractivity contribution is 0.257. The number of nitrogens with one attached hydrogen (secondary N) is 2. The first kappa shape index (κ1) is 11.4. The highest BCUT2D eigenvalue weighted by atomic mass is 32.2. The van der Waals surface area contributed by atoms with Crippen LogP contribution in [0.4, 0.5) is 16.2 Å². The van der Waals surface area contributed by atoms with Gasteiger partial charge in [-0.1, -0.05) is 6.07 Å². The molecule has 1 atom stereocenters. The minimum atomic E-state index is -2.55. The van der Waals surface area contributed by atoms with E-state index in [9.17, 15) is 9.00 Å². The van der Waals surface area contributed by atoms with Crippen molar-refractivity contribution in [2.75, 3.05) is 17.3 Å². The van der Waals surface area contributed by atoms with Crippen molar-refractivity contribution in [1.82, 2.24) is 4.72 Å². The van der Waals surface area contributed by atoms with Crippen LogP contribution in [0.5, 0.6) is 0 Å². The Morgan fingerprint density at radius 3 is 2.73 bits per heavy atom. The van der Waals surface area contributed by atoms with Gasteiger partial charge in [0.05, 0.1) is 0 Å². The smallest absolute Gasteiger partial charge is 0.330 e. The van der Waals surface area contributed by atoms with E-state index < -0.39 is 15.7 Å². The van der Waals surface area contributed by atoms with Crippen molar-refractivity contribution in [3.8, 4) is 0 Å². The van der Waals surface area contributed by atoms with Crippen molar-refractivity contribution < 1.29 is 9.00 Å². The maximum absolute atomic E-state index is 11.3. The van der Waals surface area contributed by atoms with E-state index in [0.717, 1.165) is 0 Å². The summed E-state index contributed by atoms with van der Waals surface area (Å²) in [6.07, 6.45) is 1.34. The third-order valence-electron chi connectivity index (χ3n) is 1.45. The van der Waals surface area contributed by atoms with Gasteiger partial charge >= 0.3 is 6.03 Å². The molecule has 0 bridgehead atoms. The lowest BCUT2D eigenvalue weighted by Crippen LogP contribution is -2.33. The molecule has 1 unspecified atom stereocenters. The number of urea groups is 1. The van der Waals surface area contributed by atoms with E-state index in [1.54, 1.807) is 24.3 Å². The van der Waals surface area contributed by atoms with Crippen LogP contribution in [0.25, 0.3) is 0 Å². The monoisotopic (exact) mass is 227 g/mol. The molecule has 0 saturated heterocycles. The Labute approximate surface area is 88.8 Å². The molecule has 0 spiro atoms. The number of anilines is 2. The lowest BCUT2D eigenvalue weighted by Gasteiger charge is -2.08. The molecule has 4 N–H and O–H groups in total. The van der Waals surface area contributed by atoms with Gasteiger partial charge in [0.25, 0.3) is 0 Å². The molecule has 6 heteroatoms. The molecule has 1 rings (SSSR count). The highest BCUT2D eigenvalue weighted by Gasteiger charge is 2.03. The Hall–Kier alpha value is -1.69. The van der Waals surface area contributed by atoms with Gasteiger partial charge in [0.2, 0.25) is 0 Å². The van der Waals surface area contributed by atoms with Gasteiger partial charge in [0, 0.05) is 27.3 Å². The average molecular weight is 227 g/mol. The second-order valence-electron chi connectivity index (χ2n) is 3.19. The molecule has 15 heavy (non-hydrogen) atoms. The van der Waals surface area contributed by atoms with E-state index in [-0.39, 0.29) is 0 Å². The van der Waals surface area contributed by atoms with Crippen molar-refractivity contribution in [2.24, 2.45) is 0 Å². The van der Waals surface area contributed by atoms with Crippen molar-refractivity contribution in [1.29, 1.82) is 0 Å². The van der Waals surface area contributed by atoms with Crippen LogP contribution in [0.1, 0.15) is 0 Å². The minimum absolute atomic E-state index is 0.538. The normalized spacial score (nSPS) is 13.9. The molecule has 1 aromatic carbocycles. The quantitative estimate of drug-likeness (QED) is 0.512. The number of nitrogen functional groups attached to an aromatic ring is 1. The molecule has 2 amide bonds. The van der Waals surface area contributed by atoms with Crippen LogP contribution in [0.15, 0.2) is 24.3 Å². The number of hydrogen-bond donors (Lipinski definition) is 3. The maximum Gasteiger partial charge on any atom is 0.330 e. The number of benzene rings is 1. The zero-order valence-corrected chi connectivity index (χ0v) is 9.14. The first-order chi connectivity index (χ1) is 6.87. The van der Waals surface area contributed by atoms with Gasteiger partial charge in [-0.15, -0.1) is 0 Å². The summed E-state index contributed by atoms with van der Waals surface area (Å²) < 4.78 is 13.4. The average Bonchev–Trinajstić information content (AvgIpc) is 1.99. The van der Waals surface area contributed by atoms with E-state index in [4.69, 9.17) is 5.73 Å². The molecule has 1 aromatic rings. The highest BCUT2D eigenvalue weighted by molar-refractivity contribution is 7.98. The van der Waals surface area contributed by atoms with Crippen molar-refractivity contribution in [3.05, 3.63) is 24.3 Å². The molecule has 0 aromatic heterocycles. The zero-order chi connectivity index (χ0) is 11.5. The summed E-state index contributed by atoms with van der Waals surface area (Å²) in [7, 11) is -2.55. The van der Waals surface area contributed by atoms with E-state index in [2.05, 4.69) is 15.9 Å². The molecule has 0 aliphatic rings. The largest absolute Gasteiger partial charge is 0.399 e. The summed E-state index contributed by atoms with van der Waals surface area (Å²) in [5, 5.41) is 2.49. The fourth-order valence-electron chi connectivity index (χ4n) is 0.969. The van der Waals surface area contributed by atoms with Gasteiger partial charge < -0.3 is 11.1 Å². The van der Waals surface area contributed by atoms with Crippen molar-refractivity contribution in [2.45, 2.75) is 0 Å². The van der Waals surface area contributed by atoms with Gasteiger partial charge in [-0.2, -0.15) is 0 Å². The first-order valence-corrected chi connectivity index (χ1v) is 6.27. The molecule has 0 aliphatic carbocycles. The summed E-state index contributed by atoms with van der Waals surface area (Å²) in [4.78, 5) is 11.3. The van der Waals surface area contributed by atoms with Crippen molar-refractivity contribution in [3.63, 3.8) is 0 Å². The van der Waals surface area contributed by atoms with Crippen LogP contribution in [0.2, 0.25) is 0 Å². The predicted octanol–water partition coefficient (Wildman–Crippen LogP) is 0.651. The van der Waals surface area contributed by atoms with Crippen LogP contribution < -0.4 is 15.8 Å². The summed E-state index contributed by atoms with van der Waals surface area (Å²) in [6.45, 7) is 0. The van der Waals surface area contributed by atoms with E-state index in [0.29, 0.717) is 11.4 Å². The number of amides is 2. The zero-order valence-electron chi connectivity index (χ0n) is 8.32. The molecule has 0 radical (unpaired) electrons. The molecule has 0 aliphatic heterocycles. The van der Waals surface area contributed by atoms with Crippen molar-refractivity contribution >= 4 is 33.0 Å². The number of nitrogens with two attached hydrogens (primary N) is 1. The van der Waals surface area contributed by atoms with Gasteiger partial charge in [-0.25, -0.2) is 9.00 Å². The standard InChI is InChI=1S/C9H13N3O2S/c1-15(2,14)12-9(13)11-8-5-3-4-7(10)6-8/h3-6H,1,10H2,2H3,(H2,11,12,13,14). The molecule has 0 saturated carbocycles. The van der Waals surface area contributed by atoms with Crippen LogP contribution >= 0.6 is 0 Å². The van der Waals surface area contributed by atoms with Gasteiger partial charge in [0.15, 0.2) is 0 Å². The fourth-order valence-corrected chi connectivity index (χ4v) is 1.41. The van der Waals surface area contributed by atoms with Gasteiger partial charge in [-0.05, 0) is 24.1 Å². The Balaban J connectivity index is 2.67. The number of hydrogen-bond acceptors (Lipinski definition) is 3. The lowest BCUT2D eigenvalue weighted by atomic mass is 10.3. The molecule has 5 nitrogen and oxygen atoms in total. The van der Waals surface area contributed by atoms with Crippen LogP contribution in [-0.2, 0) is 9.71 Å². The predicted molar refractivity (Wildman–Crippen MR) is 64.2 cm³/mol. The fraction of sp³-hybridized carbons (Fsp3) is 0.111. The Bertz CT molecular complexity index is 468. The SMILES string of the molecule is C=S(C)(=O)NC(=O)Nc1cccc(N)c1. The summed E-state index contributed by atoms with van der Waals surface area (Å²) in [6, 6.07) is 6.12. The maximum atomic E-state index is 11.3. The second-order valence-corrected chi connectivity index (χ2v) is 5.40. The van der Waals surface area contributed by atoms with E-state index >= 15 is 0 Å². The minimum Gasteiger partial charge on any atom is -0.399 e. The summed E-state index contributed by atoms with van der Waals surface area (Å²) in [5.74, 6) is 3.30. The number of carbonyl (C=O) groups is 1. The van der Waals surface area contributed by atoms with Crippen LogP contribution in [0, 0.1) is 0 Å². The molecule has 82 valence electrons. The number of carbonyl (C=O) groups excluding carboxylic acids is 1. The van der Waals surface area contributed by atoms with Gasteiger partial charge in [0.1, 0.15) is 0 Å². The van der Waals surface area contributed by atoms with Gasteiger partial charge in [-0.3, -0.25) is 4.72 Å². The Morgan fingerprint density at radius 1 is 1.53 bits per heavy atom.